The summed E-state index contributed by atoms with van der Waals surface area (Å²) in [5.74, 6) is -1.85. The first-order valence-corrected chi connectivity index (χ1v) is 5.29. The Hall–Kier alpha value is -1.76. The van der Waals surface area contributed by atoms with Crippen LogP contribution in [0.15, 0.2) is 22.7 Å². The first-order chi connectivity index (χ1) is 7.97. The van der Waals surface area contributed by atoms with Crippen LogP contribution in [0.25, 0.3) is 0 Å². The van der Waals surface area contributed by atoms with Crippen LogP contribution in [-0.4, -0.2) is 23.8 Å². The van der Waals surface area contributed by atoms with Gasteiger partial charge in [0.05, 0.1) is 24.0 Å². The Kier molecular flexibility index (Phi) is 4.33. The first-order valence-electron chi connectivity index (χ1n) is 4.50. The second-order valence-corrected chi connectivity index (χ2v) is 3.94. The Morgan fingerprint density at radius 1 is 1.47 bits per heavy atom. The Labute approximate surface area is 105 Å². The van der Waals surface area contributed by atoms with E-state index in [0.29, 0.717) is 4.47 Å². The maximum Gasteiger partial charge on any atom is 0.374 e. The number of benzene rings is 1. The number of Topliss-reactive ketones (excluding diaryl/α,β-unsaturated/α-hetero) is 1. The minimum atomic E-state index is -1.02. The third-order valence-electron chi connectivity index (χ3n) is 2.04. The van der Waals surface area contributed by atoms with Crippen molar-refractivity contribution in [2.75, 3.05) is 7.11 Å². The van der Waals surface area contributed by atoms with Gasteiger partial charge < -0.3 is 4.74 Å². The molecule has 0 unspecified atom stereocenters. The fraction of sp³-hybridized carbons (Fsp3) is 0.200. The number of methoxy groups -OCH3 is 1. The van der Waals surface area contributed by atoms with Crippen LogP contribution in [0.3, 0.4) is 0 Å². The van der Waals surface area contributed by atoms with Gasteiger partial charge in [0.1, 0.15) is 0 Å². The zero-order valence-electron chi connectivity index (χ0n) is 8.81. The summed E-state index contributed by atoms with van der Waals surface area (Å²) < 4.78 is 4.66. The van der Waals surface area contributed by atoms with Crippen LogP contribution in [0, 0.1) is 10.1 Å². The van der Waals surface area contributed by atoms with Crippen LogP contribution >= 0.6 is 15.9 Å². The molecule has 0 amide bonds. The lowest BCUT2D eigenvalue weighted by molar-refractivity contribution is -0.385. The summed E-state index contributed by atoms with van der Waals surface area (Å²) in [5.41, 5.74) is -0.0514. The fourth-order valence-electron chi connectivity index (χ4n) is 1.24. The smallest absolute Gasteiger partial charge is 0.374 e. The van der Waals surface area contributed by atoms with E-state index in [2.05, 4.69) is 20.7 Å². The van der Waals surface area contributed by atoms with Crippen LogP contribution in [0.4, 0.5) is 5.69 Å². The van der Waals surface area contributed by atoms with Crippen LogP contribution in [0.2, 0.25) is 0 Å². The number of nitrogens with zero attached hydrogens (tertiary/aromatic N) is 1. The highest BCUT2D eigenvalue weighted by Gasteiger charge is 2.23. The first kappa shape index (κ1) is 13.3. The molecule has 0 N–H and O–H groups in total. The van der Waals surface area contributed by atoms with Crippen molar-refractivity contribution in [1.29, 1.82) is 0 Å². The third kappa shape index (κ3) is 3.10. The van der Waals surface area contributed by atoms with E-state index in [1.54, 1.807) is 6.07 Å². The molecule has 17 heavy (non-hydrogen) atoms. The zero-order valence-corrected chi connectivity index (χ0v) is 10.4. The SMILES string of the molecule is COC(=O)C(=O)Cc1c(Br)cccc1[N+](=O)[O-]. The minimum Gasteiger partial charge on any atom is -0.463 e. The largest absolute Gasteiger partial charge is 0.463 e. The van der Waals surface area contributed by atoms with Crippen molar-refractivity contribution < 1.29 is 19.2 Å². The summed E-state index contributed by atoms with van der Waals surface area (Å²) in [7, 11) is 1.08. The van der Waals surface area contributed by atoms with Gasteiger partial charge >= 0.3 is 5.97 Å². The molecule has 0 radical (unpaired) electrons. The molecule has 0 heterocycles. The maximum atomic E-state index is 11.4. The summed E-state index contributed by atoms with van der Waals surface area (Å²) >= 11 is 3.11. The van der Waals surface area contributed by atoms with Crippen molar-refractivity contribution in [3.05, 3.63) is 38.3 Å². The molecule has 1 aromatic carbocycles. The number of hydrogen-bond donors (Lipinski definition) is 0. The molecule has 0 saturated heterocycles. The number of esters is 1. The summed E-state index contributed by atoms with van der Waals surface area (Å²) in [6.07, 6.45) is -0.371. The predicted molar refractivity (Wildman–Crippen MR) is 61.5 cm³/mol. The van der Waals surface area contributed by atoms with Crippen molar-refractivity contribution >= 4 is 33.4 Å². The number of hydrogen-bond acceptors (Lipinski definition) is 5. The van der Waals surface area contributed by atoms with E-state index >= 15 is 0 Å². The minimum absolute atomic E-state index is 0.160. The van der Waals surface area contributed by atoms with E-state index < -0.39 is 16.7 Å². The van der Waals surface area contributed by atoms with E-state index in [0.717, 1.165) is 7.11 Å². The molecule has 1 rings (SSSR count). The molecule has 0 aromatic heterocycles. The van der Waals surface area contributed by atoms with Gasteiger partial charge in [-0.05, 0) is 6.07 Å². The second-order valence-electron chi connectivity index (χ2n) is 3.09. The van der Waals surface area contributed by atoms with Crippen molar-refractivity contribution in [2.24, 2.45) is 0 Å². The standard InChI is InChI=1S/C10H8BrNO5/c1-17-10(14)9(13)5-6-7(11)3-2-4-8(6)12(15)16/h2-4H,5H2,1H3. The Balaban J connectivity index is 3.09. The Bertz CT molecular complexity index is 486. The second kappa shape index (κ2) is 5.53. The predicted octanol–water partition coefficient (Wildman–Crippen LogP) is 1.64. The molecular weight excluding hydrogens is 294 g/mol. The lowest BCUT2D eigenvalue weighted by atomic mass is 10.1. The van der Waals surface area contributed by atoms with Crippen molar-refractivity contribution in [3.8, 4) is 0 Å². The molecule has 7 heteroatoms. The molecular formula is C10H8BrNO5. The van der Waals surface area contributed by atoms with Gasteiger partial charge in [0.2, 0.25) is 5.78 Å². The number of carbonyl (C=O) groups excluding carboxylic acids is 2. The number of ether oxygens (including phenoxy) is 1. The topological polar surface area (TPSA) is 86.5 Å². The van der Waals surface area contributed by atoms with Gasteiger partial charge in [0, 0.05) is 10.5 Å². The summed E-state index contributed by atoms with van der Waals surface area (Å²) in [6.45, 7) is 0. The summed E-state index contributed by atoms with van der Waals surface area (Å²) in [6, 6.07) is 4.31. The van der Waals surface area contributed by atoms with E-state index in [1.807, 2.05) is 0 Å². The van der Waals surface area contributed by atoms with E-state index in [-0.39, 0.29) is 17.7 Å². The normalized spacial score (nSPS) is 9.76. The molecule has 0 atom stereocenters. The molecule has 0 aliphatic heterocycles. The summed E-state index contributed by atoms with van der Waals surface area (Å²) in [4.78, 5) is 32.4. The quantitative estimate of drug-likeness (QED) is 0.365. The molecule has 0 fully saturated rings. The van der Waals surface area contributed by atoms with E-state index in [4.69, 9.17) is 0 Å². The third-order valence-corrected chi connectivity index (χ3v) is 2.78. The Morgan fingerprint density at radius 3 is 2.65 bits per heavy atom. The van der Waals surface area contributed by atoms with Gasteiger partial charge in [-0.15, -0.1) is 0 Å². The average Bonchev–Trinajstić information content (AvgIpc) is 2.30. The average molecular weight is 302 g/mol. The molecule has 0 spiro atoms. The van der Waals surface area contributed by atoms with Crippen LogP contribution in [-0.2, 0) is 20.7 Å². The molecule has 1 aromatic rings. The van der Waals surface area contributed by atoms with Gasteiger partial charge in [-0.25, -0.2) is 4.79 Å². The summed E-state index contributed by atoms with van der Waals surface area (Å²) in [5, 5.41) is 10.8. The van der Waals surface area contributed by atoms with Crippen LogP contribution < -0.4 is 0 Å². The van der Waals surface area contributed by atoms with Crippen molar-refractivity contribution in [3.63, 3.8) is 0 Å². The van der Waals surface area contributed by atoms with Crippen LogP contribution in [0.5, 0.6) is 0 Å². The highest BCUT2D eigenvalue weighted by molar-refractivity contribution is 9.10. The number of nitro groups is 1. The Morgan fingerprint density at radius 2 is 2.12 bits per heavy atom. The molecule has 0 bridgehead atoms. The number of ketones is 1. The fourth-order valence-corrected chi connectivity index (χ4v) is 1.74. The monoisotopic (exact) mass is 301 g/mol. The van der Waals surface area contributed by atoms with Gasteiger partial charge in [0.15, 0.2) is 0 Å². The van der Waals surface area contributed by atoms with E-state index in [9.17, 15) is 19.7 Å². The molecule has 0 saturated carbocycles. The zero-order chi connectivity index (χ0) is 13.0. The number of rotatable bonds is 4. The molecule has 90 valence electrons. The highest BCUT2D eigenvalue weighted by atomic mass is 79.9. The van der Waals surface area contributed by atoms with Crippen LogP contribution in [0.1, 0.15) is 5.56 Å². The van der Waals surface area contributed by atoms with Gasteiger partial charge in [-0.2, -0.15) is 0 Å². The number of halogens is 1. The van der Waals surface area contributed by atoms with Gasteiger partial charge in [-0.3, -0.25) is 14.9 Å². The lowest BCUT2D eigenvalue weighted by Gasteiger charge is -2.03. The van der Waals surface area contributed by atoms with Gasteiger partial charge in [-0.1, -0.05) is 22.0 Å². The number of nitro benzene ring substituents is 1. The molecule has 0 aliphatic carbocycles. The number of carbonyl (C=O) groups is 2. The molecule has 0 aliphatic rings. The maximum absolute atomic E-state index is 11.4. The highest BCUT2D eigenvalue weighted by Crippen LogP contribution is 2.27. The molecule has 6 nitrogen and oxygen atoms in total. The van der Waals surface area contributed by atoms with E-state index in [1.165, 1.54) is 12.1 Å². The lowest BCUT2D eigenvalue weighted by Crippen LogP contribution is -2.18. The van der Waals surface area contributed by atoms with Crippen molar-refractivity contribution in [2.45, 2.75) is 6.42 Å². The van der Waals surface area contributed by atoms with Gasteiger partial charge in [0.25, 0.3) is 5.69 Å². The van der Waals surface area contributed by atoms with Crippen molar-refractivity contribution in [1.82, 2.24) is 0 Å².